The van der Waals surface area contributed by atoms with Gasteiger partial charge in [0.1, 0.15) is 17.2 Å². The third kappa shape index (κ3) is 10.6. The van der Waals surface area contributed by atoms with Gasteiger partial charge in [-0.1, -0.05) is 40.7 Å². The van der Waals surface area contributed by atoms with Crippen LogP contribution in [0.2, 0.25) is 0 Å². The fraction of sp³-hybridized carbons (Fsp3) is 0.261. The Morgan fingerprint density at radius 3 is 1.82 bits per heavy atom. The van der Waals surface area contributed by atoms with Crippen molar-refractivity contribution in [2.75, 3.05) is 7.11 Å². The second kappa shape index (κ2) is 19.6. The van der Waals surface area contributed by atoms with Crippen molar-refractivity contribution in [3.8, 4) is 34.4 Å². The second-order valence-corrected chi connectivity index (χ2v) is 14.1. The Hall–Kier alpha value is -7.42. The number of rotatable bonds is 8. The van der Waals surface area contributed by atoms with E-state index in [0.29, 0.717) is 34.6 Å². The molecule has 0 bridgehead atoms. The summed E-state index contributed by atoms with van der Waals surface area (Å²) < 4.78 is 24.3. The van der Waals surface area contributed by atoms with Crippen molar-refractivity contribution in [2.24, 2.45) is 0 Å². The van der Waals surface area contributed by atoms with Crippen LogP contribution < -0.4 is 19.6 Å². The van der Waals surface area contributed by atoms with E-state index in [4.69, 9.17) is 14.2 Å². The predicted octanol–water partition coefficient (Wildman–Crippen LogP) is 9.27. The number of methoxy groups -OCH3 is 1. The fourth-order valence-electron chi connectivity index (χ4n) is 6.09. The SMILES string of the molecule is CC.CCc1cc(Oc2cccc(OC)c2)c2nc(C)cn2n1.Cc1cn2nc(C(C)C)cc(Oc3cccnc3)c2n1.Cc1cn2nc(C)cc(-n3ccc(=O)cc3)c2n1. The number of nitrogens with zero attached hydrogens (tertiary/aromatic N) is 11. The molecule has 0 fully saturated rings. The maximum absolute atomic E-state index is 11.1. The first-order valence-electron chi connectivity index (χ1n) is 20.1. The Morgan fingerprint density at radius 1 is 0.639 bits per heavy atom. The van der Waals surface area contributed by atoms with Crippen LogP contribution in [0, 0.1) is 27.7 Å². The number of hydrogen-bond acceptors (Lipinski definition) is 11. The van der Waals surface area contributed by atoms with Crippen LogP contribution in [0.1, 0.15) is 74.7 Å². The lowest BCUT2D eigenvalue weighted by molar-refractivity contribution is 0.409. The third-order valence-corrected chi connectivity index (χ3v) is 8.90. The lowest BCUT2D eigenvalue weighted by Crippen LogP contribution is -2.05. The molecule has 0 radical (unpaired) electrons. The Labute approximate surface area is 354 Å². The average Bonchev–Trinajstić information content (AvgIpc) is 3.96. The number of aryl methyl sites for hydroxylation is 5. The van der Waals surface area contributed by atoms with Crippen LogP contribution in [0.4, 0.5) is 0 Å². The summed E-state index contributed by atoms with van der Waals surface area (Å²) in [6.07, 6.45) is 13.4. The van der Waals surface area contributed by atoms with Crippen LogP contribution >= 0.6 is 0 Å². The zero-order valence-corrected chi connectivity index (χ0v) is 36.2. The lowest BCUT2D eigenvalue weighted by Gasteiger charge is -2.10. The number of fused-ring (bicyclic) bond motifs is 3. The van der Waals surface area contributed by atoms with Crippen molar-refractivity contribution in [1.29, 1.82) is 0 Å². The Bertz CT molecular complexity index is 2910. The molecule has 314 valence electrons. The Morgan fingerprint density at radius 2 is 1.21 bits per heavy atom. The summed E-state index contributed by atoms with van der Waals surface area (Å²) in [5.74, 6) is 3.88. The minimum Gasteiger partial charge on any atom is -0.497 e. The van der Waals surface area contributed by atoms with E-state index in [2.05, 4.69) is 56.0 Å². The van der Waals surface area contributed by atoms with Crippen LogP contribution in [-0.4, -0.2) is 60.5 Å². The molecule has 0 aliphatic heterocycles. The zero-order chi connectivity index (χ0) is 43.6. The summed E-state index contributed by atoms with van der Waals surface area (Å²) >= 11 is 0. The quantitative estimate of drug-likeness (QED) is 0.144. The standard InChI is InChI=1S/C16H17N3O2.C15H16N4O.C13H12N4O.C2H6/c1-4-12-8-15(16-17-11(2)10-19(16)18-12)21-14-7-5-6-13(9-14)20-3;1-10(2)13-7-14(20-12-5-4-6-16-8-12)15-17-11(3)9-19(15)18-13;1-9-7-12(16-5-3-11(18)4-6-16)13-14-10(2)8-17(13)15-9;1-2/h5-10H,4H2,1-3H3;4-10H,1-3H3;3-8H,1-2H3;1-2H3. The molecule has 0 aliphatic carbocycles. The van der Waals surface area contributed by atoms with Gasteiger partial charge in [-0.05, 0) is 70.4 Å². The highest BCUT2D eigenvalue weighted by molar-refractivity contribution is 5.60. The van der Waals surface area contributed by atoms with Crippen LogP contribution in [0.5, 0.6) is 28.7 Å². The van der Waals surface area contributed by atoms with Gasteiger partial charge in [-0.3, -0.25) is 9.78 Å². The molecule has 8 aromatic heterocycles. The number of benzene rings is 1. The lowest BCUT2D eigenvalue weighted by atomic mass is 10.1. The summed E-state index contributed by atoms with van der Waals surface area (Å²) in [4.78, 5) is 28.6. The first-order chi connectivity index (χ1) is 29.5. The van der Waals surface area contributed by atoms with Crippen molar-refractivity contribution in [3.05, 3.63) is 154 Å². The van der Waals surface area contributed by atoms with E-state index in [-0.39, 0.29) is 5.43 Å². The van der Waals surface area contributed by atoms with Gasteiger partial charge in [0.05, 0.1) is 71.7 Å². The van der Waals surface area contributed by atoms with E-state index in [1.54, 1.807) is 45.4 Å². The van der Waals surface area contributed by atoms with Crippen molar-refractivity contribution in [3.63, 3.8) is 0 Å². The first-order valence-corrected chi connectivity index (χ1v) is 20.1. The van der Waals surface area contributed by atoms with Crippen LogP contribution in [0.15, 0.2) is 115 Å². The molecule has 0 N–H and O–H groups in total. The summed E-state index contributed by atoms with van der Waals surface area (Å²) in [6, 6.07) is 20.1. The van der Waals surface area contributed by atoms with Crippen molar-refractivity contribution < 1.29 is 14.2 Å². The highest BCUT2D eigenvalue weighted by atomic mass is 16.5. The van der Waals surface area contributed by atoms with Gasteiger partial charge in [-0.15, -0.1) is 0 Å². The third-order valence-electron chi connectivity index (χ3n) is 8.90. The molecule has 61 heavy (non-hydrogen) atoms. The Balaban J connectivity index is 0.000000150. The minimum atomic E-state index is -0.00688. The van der Waals surface area contributed by atoms with E-state index in [1.807, 2.05) is 119 Å². The van der Waals surface area contributed by atoms with E-state index < -0.39 is 0 Å². The van der Waals surface area contributed by atoms with E-state index >= 15 is 0 Å². The van der Waals surface area contributed by atoms with Gasteiger partial charge in [-0.2, -0.15) is 15.3 Å². The van der Waals surface area contributed by atoms with Gasteiger partial charge in [-0.25, -0.2) is 28.5 Å². The van der Waals surface area contributed by atoms with Gasteiger partial charge in [0.25, 0.3) is 0 Å². The van der Waals surface area contributed by atoms with Crippen LogP contribution in [-0.2, 0) is 6.42 Å². The van der Waals surface area contributed by atoms with Crippen molar-refractivity contribution >= 4 is 16.9 Å². The summed E-state index contributed by atoms with van der Waals surface area (Å²) in [5.41, 5.74) is 8.67. The molecular weight excluding hydrogens is 771 g/mol. The van der Waals surface area contributed by atoms with Gasteiger partial charge < -0.3 is 18.8 Å². The molecule has 0 unspecified atom stereocenters. The maximum atomic E-state index is 11.1. The highest BCUT2D eigenvalue weighted by Crippen LogP contribution is 2.30. The maximum Gasteiger partial charge on any atom is 0.197 e. The summed E-state index contributed by atoms with van der Waals surface area (Å²) in [5, 5.41) is 13.4. The molecule has 9 rings (SSSR count). The molecule has 8 heterocycles. The molecule has 15 nitrogen and oxygen atoms in total. The second-order valence-electron chi connectivity index (χ2n) is 14.1. The normalized spacial score (nSPS) is 10.7. The Kier molecular flexibility index (Phi) is 13.8. The summed E-state index contributed by atoms with van der Waals surface area (Å²) in [6.45, 7) is 18.0. The largest absolute Gasteiger partial charge is 0.497 e. The number of hydrogen-bond donors (Lipinski definition) is 0. The van der Waals surface area contributed by atoms with E-state index in [0.717, 1.165) is 63.3 Å². The minimum absolute atomic E-state index is 0.00688. The molecule has 1 aromatic carbocycles. The van der Waals surface area contributed by atoms with Gasteiger partial charge in [0.2, 0.25) is 0 Å². The topological polar surface area (TPSA) is 153 Å². The monoisotopic (exact) mass is 821 g/mol. The fourth-order valence-corrected chi connectivity index (χ4v) is 6.09. The molecular formula is C46H51N11O4. The van der Waals surface area contributed by atoms with Crippen LogP contribution in [0.25, 0.3) is 22.6 Å². The summed E-state index contributed by atoms with van der Waals surface area (Å²) in [7, 11) is 1.64. The van der Waals surface area contributed by atoms with E-state index in [1.165, 1.54) is 12.1 Å². The molecule has 0 saturated carbocycles. The molecule has 0 amide bonds. The van der Waals surface area contributed by atoms with Crippen molar-refractivity contribution in [2.45, 2.75) is 74.7 Å². The molecule has 0 spiro atoms. The van der Waals surface area contributed by atoms with Gasteiger partial charge in [0, 0.05) is 48.9 Å². The number of imidazole rings is 3. The predicted molar refractivity (Wildman–Crippen MR) is 236 cm³/mol. The number of ether oxygens (including phenoxy) is 3. The molecule has 0 atom stereocenters. The van der Waals surface area contributed by atoms with E-state index in [9.17, 15) is 4.79 Å². The number of pyridine rings is 2. The highest BCUT2D eigenvalue weighted by Gasteiger charge is 2.14. The first kappa shape index (κ1) is 43.2. The zero-order valence-electron chi connectivity index (χ0n) is 36.2. The van der Waals surface area contributed by atoms with Gasteiger partial charge >= 0.3 is 0 Å². The van der Waals surface area contributed by atoms with Crippen molar-refractivity contribution in [1.82, 2.24) is 53.3 Å². The average molecular weight is 822 g/mol. The molecule has 0 aliphatic rings. The van der Waals surface area contributed by atoms with Crippen LogP contribution in [0.3, 0.4) is 0 Å². The molecule has 15 heteroatoms. The molecule has 0 saturated heterocycles. The number of aromatic nitrogens is 11. The van der Waals surface area contributed by atoms with Gasteiger partial charge in [0.15, 0.2) is 33.9 Å². The molecule has 9 aromatic rings. The smallest absolute Gasteiger partial charge is 0.197 e.